The Kier molecular flexibility index (Phi) is 8.53. The lowest BCUT2D eigenvalue weighted by Crippen LogP contribution is -2.40. The van der Waals surface area contributed by atoms with Crippen molar-refractivity contribution in [2.45, 2.75) is 37.2 Å². The number of aryl methyl sites for hydroxylation is 1. The first-order chi connectivity index (χ1) is 15.1. The zero-order valence-corrected chi connectivity index (χ0v) is 18.3. The quantitative estimate of drug-likeness (QED) is 0.153. The molecule has 1 aromatic carbocycles. The summed E-state index contributed by atoms with van der Waals surface area (Å²) in [6.07, 6.45) is 2.72. The highest BCUT2D eigenvalue weighted by Crippen LogP contribution is 2.14. The van der Waals surface area contributed by atoms with Crippen LogP contribution in [0.2, 0.25) is 0 Å². The van der Waals surface area contributed by atoms with Crippen LogP contribution >= 0.6 is 0 Å². The molecule has 0 aliphatic rings. The van der Waals surface area contributed by atoms with Crippen LogP contribution in [0, 0.1) is 6.92 Å². The summed E-state index contributed by atoms with van der Waals surface area (Å²) in [5.41, 5.74) is 10.3. The van der Waals surface area contributed by atoms with Crippen LogP contribution in [0.3, 0.4) is 0 Å². The zero-order valence-electron chi connectivity index (χ0n) is 17.5. The van der Waals surface area contributed by atoms with E-state index < -0.39 is 34.1 Å². The first-order valence-electron chi connectivity index (χ1n) is 9.71. The maximum Gasteiger partial charge on any atom is 0.275 e. The third-order valence-electron chi connectivity index (χ3n) is 4.36. The van der Waals surface area contributed by atoms with Crippen LogP contribution in [0.4, 0.5) is 5.69 Å². The van der Waals surface area contributed by atoms with Gasteiger partial charge in [-0.1, -0.05) is 12.1 Å². The summed E-state index contributed by atoms with van der Waals surface area (Å²) >= 11 is 0. The average Bonchev–Trinajstić information content (AvgIpc) is 2.73. The molecule has 2 rings (SSSR count). The maximum absolute atomic E-state index is 12.7. The van der Waals surface area contributed by atoms with Crippen molar-refractivity contribution in [3.05, 3.63) is 58.5 Å². The number of aliphatic imine (C=N–C) groups is 1. The third-order valence-corrected chi connectivity index (χ3v) is 5.72. The summed E-state index contributed by atoms with van der Waals surface area (Å²) < 4.78 is 28.5. The molecule has 2 aromatic rings. The Morgan fingerprint density at radius 1 is 1.25 bits per heavy atom. The highest BCUT2D eigenvalue weighted by molar-refractivity contribution is 7.92. The van der Waals surface area contributed by atoms with Crippen molar-refractivity contribution in [2.75, 3.05) is 11.3 Å². The number of pyridine rings is 1. The number of benzene rings is 1. The van der Waals surface area contributed by atoms with E-state index in [0.29, 0.717) is 25.7 Å². The molecule has 0 spiro atoms. The molecule has 1 unspecified atom stereocenters. The van der Waals surface area contributed by atoms with E-state index in [2.05, 4.69) is 15.0 Å². The fraction of sp³-hybridized carbons (Fsp3) is 0.300. The molecule has 1 amide bonds. The van der Waals surface area contributed by atoms with Gasteiger partial charge in [0.15, 0.2) is 5.96 Å². The largest absolute Gasteiger partial charge is 0.370 e. The minimum atomic E-state index is -3.98. The first-order valence-corrected chi connectivity index (χ1v) is 11.2. The van der Waals surface area contributed by atoms with Crippen molar-refractivity contribution < 1.29 is 18.0 Å². The smallest absolute Gasteiger partial charge is 0.275 e. The van der Waals surface area contributed by atoms with Gasteiger partial charge in [0.1, 0.15) is 18.5 Å². The fourth-order valence-corrected chi connectivity index (χ4v) is 3.99. The number of amides is 1. The minimum Gasteiger partial charge on any atom is -0.370 e. The van der Waals surface area contributed by atoms with Crippen LogP contribution in [0.25, 0.3) is 0 Å². The summed E-state index contributed by atoms with van der Waals surface area (Å²) in [4.78, 5) is 40.0. The Morgan fingerprint density at radius 3 is 2.66 bits per heavy atom. The first kappa shape index (κ1) is 24.6. The molecule has 6 N–H and O–H groups in total. The lowest BCUT2D eigenvalue weighted by atomic mass is 10.2. The normalized spacial score (nSPS) is 11.9. The third kappa shape index (κ3) is 7.23. The lowest BCUT2D eigenvalue weighted by molar-refractivity contribution is -0.124. The number of aldehydes is 1. The Labute approximate surface area is 185 Å². The maximum atomic E-state index is 12.7. The number of hydrogen-bond acceptors (Lipinski definition) is 6. The number of carbonyl (C=O) groups is 2. The lowest BCUT2D eigenvalue weighted by Gasteiger charge is -2.14. The molecule has 0 saturated heterocycles. The van der Waals surface area contributed by atoms with Gasteiger partial charge in [-0.05, 0) is 49.6 Å². The number of nitrogens with zero attached hydrogens (tertiary/aromatic N) is 2. The molecular weight excluding hydrogens is 436 g/mol. The number of sulfonamides is 1. The standard InChI is InChI=1S/C20H26N6O5S/c1-14-5-2-7-16(11-14)32(30,31)25-17-8-4-10-26(19(17)29)12-18(28)24-15(13-27)6-3-9-23-20(21)22/h2,4-5,7-8,10-11,13,15,25H,3,6,9,12H2,1H3,(H,24,28)(H4,21,22,23). The molecular formula is C20H26N6O5S. The molecule has 1 heterocycles. The van der Waals surface area contributed by atoms with Gasteiger partial charge in [0.05, 0.1) is 10.9 Å². The van der Waals surface area contributed by atoms with Gasteiger partial charge in [0.25, 0.3) is 15.6 Å². The van der Waals surface area contributed by atoms with Gasteiger partial charge < -0.3 is 26.1 Å². The van der Waals surface area contributed by atoms with Gasteiger partial charge in [0, 0.05) is 12.7 Å². The summed E-state index contributed by atoms with van der Waals surface area (Å²) in [7, 11) is -3.98. The predicted octanol–water partition coefficient (Wildman–Crippen LogP) is -0.305. The number of hydrogen-bond donors (Lipinski definition) is 4. The van der Waals surface area contributed by atoms with Gasteiger partial charge in [0.2, 0.25) is 5.91 Å². The van der Waals surface area contributed by atoms with E-state index in [1.807, 2.05) is 0 Å². The Morgan fingerprint density at radius 2 is 2.00 bits per heavy atom. The molecule has 0 saturated carbocycles. The van der Waals surface area contributed by atoms with Crippen LogP contribution in [-0.4, -0.2) is 43.7 Å². The van der Waals surface area contributed by atoms with E-state index in [1.54, 1.807) is 19.1 Å². The van der Waals surface area contributed by atoms with Gasteiger partial charge in [-0.2, -0.15) is 0 Å². The van der Waals surface area contributed by atoms with E-state index in [-0.39, 0.29) is 16.5 Å². The minimum absolute atomic E-state index is 0.0135. The topological polar surface area (TPSA) is 179 Å². The van der Waals surface area contributed by atoms with E-state index in [0.717, 1.165) is 10.1 Å². The van der Waals surface area contributed by atoms with Crippen molar-refractivity contribution >= 4 is 33.9 Å². The highest BCUT2D eigenvalue weighted by Gasteiger charge is 2.18. The van der Waals surface area contributed by atoms with Crippen LogP contribution in [-0.2, 0) is 26.2 Å². The molecule has 12 heteroatoms. The molecule has 172 valence electrons. The fourth-order valence-electron chi connectivity index (χ4n) is 2.83. The number of nitrogens with two attached hydrogens (primary N) is 2. The molecule has 11 nitrogen and oxygen atoms in total. The number of carbonyl (C=O) groups excluding carboxylic acids is 2. The highest BCUT2D eigenvalue weighted by atomic mass is 32.2. The number of nitrogens with one attached hydrogen (secondary N) is 2. The summed E-state index contributed by atoms with van der Waals surface area (Å²) in [6, 6.07) is 8.22. The van der Waals surface area contributed by atoms with Gasteiger partial charge in [-0.15, -0.1) is 0 Å². The summed E-state index contributed by atoms with van der Waals surface area (Å²) in [6.45, 7) is 1.67. The number of anilines is 1. The van der Waals surface area contributed by atoms with E-state index in [4.69, 9.17) is 11.5 Å². The van der Waals surface area contributed by atoms with Crippen molar-refractivity contribution in [2.24, 2.45) is 16.5 Å². The van der Waals surface area contributed by atoms with Gasteiger partial charge in [-0.25, -0.2) is 8.42 Å². The van der Waals surface area contributed by atoms with Crippen LogP contribution < -0.4 is 27.1 Å². The second-order valence-electron chi connectivity index (χ2n) is 7.04. The van der Waals surface area contributed by atoms with Gasteiger partial charge >= 0.3 is 0 Å². The molecule has 1 aromatic heterocycles. The Balaban J connectivity index is 2.07. The van der Waals surface area contributed by atoms with Crippen LogP contribution in [0.5, 0.6) is 0 Å². The SMILES string of the molecule is Cc1cccc(S(=O)(=O)Nc2cccn(CC(=O)NC(C=O)CCCN=C(N)N)c2=O)c1. The Hall–Kier alpha value is -3.67. The number of aromatic nitrogens is 1. The van der Waals surface area contributed by atoms with E-state index >= 15 is 0 Å². The molecule has 0 fully saturated rings. The monoisotopic (exact) mass is 462 g/mol. The van der Waals surface area contributed by atoms with Crippen molar-refractivity contribution in [3.63, 3.8) is 0 Å². The molecule has 0 radical (unpaired) electrons. The summed E-state index contributed by atoms with van der Waals surface area (Å²) in [5.74, 6) is -0.640. The number of rotatable bonds is 11. The van der Waals surface area contributed by atoms with E-state index in [1.165, 1.54) is 30.5 Å². The summed E-state index contributed by atoms with van der Waals surface area (Å²) in [5, 5.41) is 2.51. The van der Waals surface area contributed by atoms with Gasteiger partial charge in [-0.3, -0.25) is 19.3 Å². The number of guanidine groups is 1. The van der Waals surface area contributed by atoms with E-state index in [9.17, 15) is 22.8 Å². The molecule has 0 aliphatic carbocycles. The predicted molar refractivity (Wildman–Crippen MR) is 121 cm³/mol. The Bertz CT molecular complexity index is 1160. The van der Waals surface area contributed by atoms with Crippen LogP contribution in [0.15, 0.2) is 57.3 Å². The van der Waals surface area contributed by atoms with Crippen molar-refractivity contribution in [1.29, 1.82) is 0 Å². The zero-order chi connectivity index (χ0) is 23.7. The van der Waals surface area contributed by atoms with Crippen LogP contribution in [0.1, 0.15) is 18.4 Å². The average molecular weight is 463 g/mol. The second-order valence-corrected chi connectivity index (χ2v) is 8.72. The van der Waals surface area contributed by atoms with Crippen molar-refractivity contribution in [3.8, 4) is 0 Å². The molecule has 32 heavy (non-hydrogen) atoms. The molecule has 1 atom stereocenters. The molecule has 0 bridgehead atoms. The van der Waals surface area contributed by atoms with Crippen molar-refractivity contribution in [1.82, 2.24) is 9.88 Å². The second kappa shape index (κ2) is 11.1. The molecule has 0 aliphatic heterocycles.